The summed E-state index contributed by atoms with van der Waals surface area (Å²) in [6.45, 7) is 10.2. The van der Waals surface area contributed by atoms with Crippen LogP contribution < -0.4 is 0 Å². The van der Waals surface area contributed by atoms with Gasteiger partial charge in [0, 0.05) is 20.5 Å². The first kappa shape index (κ1) is 18.0. The Kier molecular flexibility index (Phi) is 5.42. The summed E-state index contributed by atoms with van der Waals surface area (Å²) >= 11 is 5.05. The van der Waals surface area contributed by atoms with E-state index in [0.717, 1.165) is 9.35 Å². The van der Waals surface area contributed by atoms with Crippen LogP contribution in [-0.2, 0) is 18.8 Å². The van der Waals surface area contributed by atoms with Crippen molar-refractivity contribution in [2.75, 3.05) is 6.61 Å². The molecule has 2 heterocycles. The quantitative estimate of drug-likeness (QED) is 0.560. The van der Waals surface area contributed by atoms with Gasteiger partial charge in [-0.15, -0.1) is 11.3 Å². The number of halogens is 1. The van der Waals surface area contributed by atoms with Crippen LogP contribution in [0.2, 0.25) is 0 Å². The van der Waals surface area contributed by atoms with E-state index in [1.165, 1.54) is 0 Å². The molecule has 7 heteroatoms. The average Bonchev–Trinajstić information content (AvgIpc) is 2.89. The molecule has 1 aromatic rings. The van der Waals surface area contributed by atoms with E-state index >= 15 is 0 Å². The maximum Gasteiger partial charge on any atom is 0.467 e. The summed E-state index contributed by atoms with van der Waals surface area (Å²) < 4.78 is 18.4. The summed E-state index contributed by atoms with van der Waals surface area (Å²) in [7, 11) is -0.458. The molecule has 0 radical (unpaired) electrons. The van der Waals surface area contributed by atoms with Crippen LogP contribution in [0.3, 0.4) is 0 Å². The lowest BCUT2D eigenvalue weighted by Crippen LogP contribution is -2.41. The number of esters is 1. The van der Waals surface area contributed by atoms with Crippen molar-refractivity contribution in [3.8, 4) is 0 Å². The minimum absolute atomic E-state index is 0.170. The highest BCUT2D eigenvalue weighted by Gasteiger charge is 2.54. The molecule has 0 N–H and O–H groups in total. The van der Waals surface area contributed by atoms with Gasteiger partial charge in [-0.2, -0.15) is 0 Å². The van der Waals surface area contributed by atoms with Crippen LogP contribution in [-0.4, -0.2) is 30.9 Å². The molecule has 0 aliphatic carbocycles. The Morgan fingerprint density at radius 2 is 1.95 bits per heavy atom. The zero-order valence-electron chi connectivity index (χ0n) is 13.6. The van der Waals surface area contributed by atoms with Gasteiger partial charge in [0.2, 0.25) is 0 Å². The van der Waals surface area contributed by atoms with Gasteiger partial charge in [0.05, 0.1) is 24.2 Å². The molecule has 0 aromatic carbocycles. The highest BCUT2D eigenvalue weighted by Crippen LogP contribution is 2.43. The molecule has 1 saturated heterocycles. The SMILES string of the molecule is CCOC(=O)CC(B1OC(C)(C)C(C)(C)O1)c1cc(Br)cs1. The summed E-state index contributed by atoms with van der Waals surface area (Å²) in [6, 6.07) is 2.01. The van der Waals surface area contributed by atoms with Crippen LogP contribution >= 0.6 is 27.3 Å². The molecule has 1 unspecified atom stereocenters. The average molecular weight is 389 g/mol. The second kappa shape index (κ2) is 6.63. The number of thiophene rings is 1. The zero-order valence-corrected chi connectivity index (χ0v) is 16.0. The fraction of sp³-hybridized carbons (Fsp3) is 0.667. The first-order valence-electron chi connectivity index (χ1n) is 7.41. The lowest BCUT2D eigenvalue weighted by atomic mass is 9.69. The van der Waals surface area contributed by atoms with E-state index in [1.807, 2.05) is 46.1 Å². The minimum atomic E-state index is -0.458. The van der Waals surface area contributed by atoms with Crippen LogP contribution in [0.4, 0.5) is 0 Å². The van der Waals surface area contributed by atoms with E-state index in [4.69, 9.17) is 14.0 Å². The van der Waals surface area contributed by atoms with Gasteiger partial charge < -0.3 is 14.0 Å². The summed E-state index contributed by atoms with van der Waals surface area (Å²) in [6.07, 6.45) is 0.248. The number of carbonyl (C=O) groups is 1. The first-order valence-corrected chi connectivity index (χ1v) is 9.08. The maximum absolute atomic E-state index is 12.0. The summed E-state index contributed by atoms with van der Waals surface area (Å²) in [5.41, 5.74) is -0.835. The highest BCUT2D eigenvalue weighted by atomic mass is 79.9. The van der Waals surface area contributed by atoms with Gasteiger partial charge in [-0.25, -0.2) is 0 Å². The Labute approximate surface area is 144 Å². The fourth-order valence-electron chi connectivity index (χ4n) is 2.31. The molecular formula is C15H22BBrO4S. The highest BCUT2D eigenvalue weighted by molar-refractivity contribution is 9.10. The molecule has 0 amide bonds. The van der Waals surface area contributed by atoms with E-state index in [1.54, 1.807) is 11.3 Å². The zero-order chi connectivity index (χ0) is 16.5. The fourth-order valence-corrected chi connectivity index (χ4v) is 3.87. The molecule has 4 nitrogen and oxygen atoms in total. The van der Waals surface area contributed by atoms with Crippen molar-refractivity contribution in [1.29, 1.82) is 0 Å². The third kappa shape index (κ3) is 3.75. The van der Waals surface area contributed by atoms with Gasteiger partial charge in [0.15, 0.2) is 0 Å². The van der Waals surface area contributed by atoms with E-state index in [9.17, 15) is 4.79 Å². The van der Waals surface area contributed by atoms with Crippen LogP contribution in [0.5, 0.6) is 0 Å². The maximum atomic E-state index is 12.0. The van der Waals surface area contributed by atoms with E-state index in [0.29, 0.717) is 6.61 Å². The molecule has 0 spiro atoms. The van der Waals surface area contributed by atoms with E-state index in [2.05, 4.69) is 15.9 Å². The second-order valence-corrected chi connectivity index (χ2v) is 8.27. The predicted octanol–water partition coefficient (Wildman–Crippen LogP) is 4.18. The molecule has 22 heavy (non-hydrogen) atoms. The first-order chi connectivity index (χ1) is 10.2. The Morgan fingerprint density at radius 1 is 1.36 bits per heavy atom. The lowest BCUT2D eigenvalue weighted by Gasteiger charge is -2.32. The molecule has 1 aliphatic heterocycles. The topological polar surface area (TPSA) is 44.8 Å². The van der Waals surface area contributed by atoms with Crippen molar-refractivity contribution in [3.05, 3.63) is 20.8 Å². The molecule has 1 aliphatic rings. The summed E-state index contributed by atoms with van der Waals surface area (Å²) in [5.74, 6) is -0.400. The van der Waals surface area contributed by atoms with Gasteiger partial charge in [0.1, 0.15) is 0 Å². The Hall–Kier alpha value is -0.365. The second-order valence-electron chi connectivity index (χ2n) is 6.41. The number of hydrogen-bond donors (Lipinski definition) is 0. The normalized spacial score (nSPS) is 20.9. The third-order valence-corrected chi connectivity index (χ3v) is 6.07. The number of hydrogen-bond acceptors (Lipinski definition) is 5. The predicted molar refractivity (Wildman–Crippen MR) is 92.1 cm³/mol. The monoisotopic (exact) mass is 388 g/mol. The van der Waals surface area contributed by atoms with E-state index in [-0.39, 0.29) is 18.2 Å². The van der Waals surface area contributed by atoms with Crippen LogP contribution in [0.25, 0.3) is 0 Å². The van der Waals surface area contributed by atoms with Crippen molar-refractivity contribution < 1.29 is 18.8 Å². The number of carbonyl (C=O) groups excluding carboxylic acids is 1. The van der Waals surface area contributed by atoms with Crippen molar-refractivity contribution >= 4 is 40.4 Å². The molecule has 0 saturated carbocycles. The van der Waals surface area contributed by atoms with E-state index < -0.39 is 18.3 Å². The van der Waals surface area contributed by atoms with Crippen molar-refractivity contribution in [2.45, 2.75) is 58.1 Å². The summed E-state index contributed by atoms with van der Waals surface area (Å²) in [4.78, 5) is 13.0. The summed E-state index contributed by atoms with van der Waals surface area (Å²) in [5, 5.41) is 2.00. The van der Waals surface area contributed by atoms with Gasteiger partial charge in [-0.05, 0) is 56.6 Å². The number of ether oxygens (including phenoxy) is 1. The molecule has 0 bridgehead atoms. The van der Waals surface area contributed by atoms with Crippen LogP contribution in [0.15, 0.2) is 15.9 Å². The molecule has 2 rings (SSSR count). The Morgan fingerprint density at radius 3 is 2.41 bits per heavy atom. The molecule has 1 atom stereocenters. The van der Waals surface area contributed by atoms with Gasteiger partial charge in [-0.3, -0.25) is 4.79 Å². The largest absolute Gasteiger partial charge is 0.467 e. The Bertz CT molecular complexity index is 527. The lowest BCUT2D eigenvalue weighted by molar-refractivity contribution is -0.143. The minimum Gasteiger partial charge on any atom is -0.466 e. The van der Waals surface area contributed by atoms with Gasteiger partial charge in [0.25, 0.3) is 0 Å². The molecule has 1 fully saturated rings. The van der Waals surface area contributed by atoms with Crippen molar-refractivity contribution in [3.63, 3.8) is 0 Å². The molecule has 122 valence electrons. The van der Waals surface area contributed by atoms with Gasteiger partial charge >= 0.3 is 13.1 Å². The smallest absolute Gasteiger partial charge is 0.466 e. The number of rotatable bonds is 5. The standard InChI is InChI=1S/C15H22BBrO4S/c1-6-19-13(18)8-11(12-7-10(17)9-22-12)16-20-14(2,3)15(4,5)21-16/h7,9,11H,6,8H2,1-5H3. The van der Waals surface area contributed by atoms with Crippen molar-refractivity contribution in [1.82, 2.24) is 0 Å². The van der Waals surface area contributed by atoms with Gasteiger partial charge in [-0.1, -0.05) is 0 Å². The van der Waals surface area contributed by atoms with Crippen molar-refractivity contribution in [2.24, 2.45) is 0 Å². The Balaban J connectivity index is 2.24. The molecule has 1 aromatic heterocycles. The molecular weight excluding hydrogens is 367 g/mol. The van der Waals surface area contributed by atoms with Crippen LogP contribution in [0.1, 0.15) is 51.7 Å². The van der Waals surface area contributed by atoms with Crippen LogP contribution in [0, 0.1) is 0 Å². The third-order valence-electron chi connectivity index (χ3n) is 4.25.